The minimum absolute atomic E-state index is 0.629. The smallest absolute Gasteiger partial charge is 0.146 e. The Morgan fingerprint density at radius 1 is 1.10 bits per heavy atom. The highest BCUT2D eigenvalue weighted by molar-refractivity contribution is 6.32. The second-order valence-corrected chi connectivity index (χ2v) is 5.26. The first-order valence-corrected chi connectivity index (χ1v) is 7.30. The zero-order valence-corrected chi connectivity index (χ0v) is 12.7. The van der Waals surface area contributed by atoms with Gasteiger partial charge in [0.2, 0.25) is 0 Å². The lowest BCUT2D eigenvalue weighted by molar-refractivity contribution is 0.482. The zero-order chi connectivity index (χ0) is 14.4. The van der Waals surface area contributed by atoms with E-state index in [4.69, 9.17) is 16.3 Å². The largest absolute Gasteiger partial charge is 0.456 e. The van der Waals surface area contributed by atoms with Crippen LogP contribution in [-0.2, 0) is 6.54 Å². The summed E-state index contributed by atoms with van der Waals surface area (Å²) in [5.41, 5.74) is 2.38. The number of nitrogens with one attached hydrogen (secondary N) is 1. The fourth-order valence-electron chi connectivity index (χ4n) is 1.90. The maximum Gasteiger partial charge on any atom is 0.146 e. The summed E-state index contributed by atoms with van der Waals surface area (Å²) in [6, 6.07) is 13.9. The third-order valence-corrected chi connectivity index (χ3v) is 3.31. The third-order valence-electron chi connectivity index (χ3n) is 2.99. The molecule has 1 N–H and O–H groups in total. The Morgan fingerprint density at radius 3 is 2.55 bits per heavy atom. The van der Waals surface area contributed by atoms with E-state index in [-0.39, 0.29) is 0 Å². The Balaban J connectivity index is 2.01. The van der Waals surface area contributed by atoms with Crippen molar-refractivity contribution in [1.29, 1.82) is 0 Å². The summed E-state index contributed by atoms with van der Waals surface area (Å²) in [7, 11) is 0. The molecule has 3 heteroatoms. The molecule has 106 valence electrons. The quantitative estimate of drug-likeness (QED) is 0.761. The molecule has 0 atom stereocenters. The number of hydrogen-bond acceptors (Lipinski definition) is 2. The summed E-state index contributed by atoms with van der Waals surface area (Å²) in [5, 5.41) is 4.00. The highest BCUT2D eigenvalue weighted by Crippen LogP contribution is 2.30. The van der Waals surface area contributed by atoms with E-state index >= 15 is 0 Å². The minimum Gasteiger partial charge on any atom is -0.456 e. The second kappa shape index (κ2) is 7.32. The van der Waals surface area contributed by atoms with Gasteiger partial charge in [-0.25, -0.2) is 0 Å². The number of rotatable bonds is 6. The molecular weight excluding hydrogens is 270 g/mol. The van der Waals surface area contributed by atoms with E-state index in [9.17, 15) is 0 Å². The van der Waals surface area contributed by atoms with E-state index in [2.05, 4.69) is 24.4 Å². The van der Waals surface area contributed by atoms with Crippen LogP contribution in [-0.4, -0.2) is 6.54 Å². The van der Waals surface area contributed by atoms with Crippen LogP contribution in [0, 0.1) is 6.92 Å². The molecule has 0 unspecified atom stereocenters. The van der Waals surface area contributed by atoms with Crippen molar-refractivity contribution >= 4 is 11.6 Å². The lowest BCUT2D eigenvalue weighted by Crippen LogP contribution is -2.13. The van der Waals surface area contributed by atoms with E-state index in [1.165, 1.54) is 5.56 Å². The molecule has 0 saturated heterocycles. The van der Waals surface area contributed by atoms with Gasteiger partial charge in [-0.15, -0.1) is 0 Å². The van der Waals surface area contributed by atoms with E-state index in [0.717, 1.165) is 30.8 Å². The van der Waals surface area contributed by atoms with Gasteiger partial charge in [-0.3, -0.25) is 0 Å². The lowest BCUT2D eigenvalue weighted by atomic mass is 10.2. The molecule has 2 aromatic rings. The zero-order valence-electron chi connectivity index (χ0n) is 11.9. The normalized spacial score (nSPS) is 10.6. The molecule has 0 radical (unpaired) electrons. The molecule has 20 heavy (non-hydrogen) atoms. The Kier molecular flexibility index (Phi) is 5.45. The first-order valence-electron chi connectivity index (χ1n) is 6.92. The van der Waals surface area contributed by atoms with Gasteiger partial charge in [0.15, 0.2) is 0 Å². The number of hydrogen-bond donors (Lipinski definition) is 1. The average molecular weight is 290 g/mol. The first kappa shape index (κ1) is 14.9. The topological polar surface area (TPSA) is 21.3 Å². The number of halogens is 1. The number of aryl methyl sites for hydroxylation is 1. The summed E-state index contributed by atoms with van der Waals surface area (Å²) in [4.78, 5) is 0. The van der Waals surface area contributed by atoms with E-state index in [0.29, 0.717) is 10.8 Å². The third kappa shape index (κ3) is 4.26. The molecule has 0 saturated carbocycles. The van der Waals surface area contributed by atoms with Crippen molar-refractivity contribution in [2.24, 2.45) is 0 Å². The summed E-state index contributed by atoms with van der Waals surface area (Å²) >= 11 is 6.13. The van der Waals surface area contributed by atoms with E-state index < -0.39 is 0 Å². The fraction of sp³-hybridized carbons (Fsp3) is 0.294. The minimum atomic E-state index is 0.629. The van der Waals surface area contributed by atoms with Crippen molar-refractivity contribution in [2.45, 2.75) is 26.8 Å². The van der Waals surface area contributed by atoms with E-state index in [1.54, 1.807) is 0 Å². The van der Waals surface area contributed by atoms with Crippen molar-refractivity contribution in [2.75, 3.05) is 6.54 Å². The maximum absolute atomic E-state index is 6.13. The van der Waals surface area contributed by atoms with Gasteiger partial charge >= 0.3 is 0 Å². The van der Waals surface area contributed by atoms with Crippen molar-refractivity contribution in [1.82, 2.24) is 5.32 Å². The van der Waals surface area contributed by atoms with Gasteiger partial charge in [-0.1, -0.05) is 36.7 Å². The van der Waals surface area contributed by atoms with Crippen LogP contribution in [0.4, 0.5) is 0 Å². The summed E-state index contributed by atoms with van der Waals surface area (Å²) < 4.78 is 5.82. The molecule has 0 amide bonds. The van der Waals surface area contributed by atoms with Gasteiger partial charge in [-0.05, 0) is 55.3 Å². The molecule has 0 aliphatic heterocycles. The van der Waals surface area contributed by atoms with Gasteiger partial charge in [0, 0.05) is 6.54 Å². The SMILES string of the molecule is CCCNCc1ccc(Oc2cc(C)ccc2Cl)cc1. The highest BCUT2D eigenvalue weighted by atomic mass is 35.5. The van der Waals surface area contributed by atoms with Crippen LogP contribution in [0.1, 0.15) is 24.5 Å². The molecule has 0 aliphatic carbocycles. The molecule has 2 aromatic carbocycles. The van der Waals surface area contributed by atoms with Crippen LogP contribution in [0.5, 0.6) is 11.5 Å². The van der Waals surface area contributed by atoms with E-state index in [1.807, 2.05) is 37.3 Å². The Labute approximate surface area is 125 Å². The summed E-state index contributed by atoms with van der Waals surface area (Å²) in [5.74, 6) is 1.50. The molecular formula is C17H20ClNO. The molecule has 0 heterocycles. The fourth-order valence-corrected chi connectivity index (χ4v) is 2.06. The van der Waals surface area contributed by atoms with Crippen molar-refractivity contribution < 1.29 is 4.74 Å². The molecule has 0 spiro atoms. The Morgan fingerprint density at radius 2 is 1.85 bits per heavy atom. The predicted octanol–water partition coefficient (Wildman–Crippen LogP) is 4.94. The van der Waals surface area contributed by atoms with Crippen molar-refractivity contribution in [3.05, 3.63) is 58.6 Å². The van der Waals surface area contributed by atoms with Gasteiger partial charge in [0.05, 0.1) is 5.02 Å². The first-order chi connectivity index (χ1) is 9.69. The maximum atomic E-state index is 6.13. The molecule has 0 fully saturated rings. The van der Waals surface area contributed by atoms with Gasteiger partial charge < -0.3 is 10.1 Å². The van der Waals surface area contributed by atoms with Crippen LogP contribution in [0.15, 0.2) is 42.5 Å². The van der Waals surface area contributed by atoms with Gasteiger partial charge in [0.25, 0.3) is 0 Å². The molecule has 0 aromatic heterocycles. The van der Waals surface area contributed by atoms with Gasteiger partial charge in [-0.2, -0.15) is 0 Å². The van der Waals surface area contributed by atoms with Crippen LogP contribution in [0.3, 0.4) is 0 Å². The van der Waals surface area contributed by atoms with Crippen LogP contribution in [0.2, 0.25) is 5.02 Å². The average Bonchev–Trinajstić information content (AvgIpc) is 2.45. The molecule has 0 bridgehead atoms. The highest BCUT2D eigenvalue weighted by Gasteiger charge is 2.03. The Bertz CT molecular complexity index is 551. The van der Waals surface area contributed by atoms with Crippen LogP contribution < -0.4 is 10.1 Å². The van der Waals surface area contributed by atoms with Crippen molar-refractivity contribution in [3.8, 4) is 11.5 Å². The molecule has 2 nitrogen and oxygen atoms in total. The molecule has 2 rings (SSSR count). The molecule has 0 aliphatic rings. The predicted molar refractivity (Wildman–Crippen MR) is 84.7 cm³/mol. The number of ether oxygens (including phenoxy) is 1. The number of benzene rings is 2. The van der Waals surface area contributed by atoms with Crippen molar-refractivity contribution in [3.63, 3.8) is 0 Å². The second-order valence-electron chi connectivity index (χ2n) is 4.86. The van der Waals surface area contributed by atoms with Crippen LogP contribution in [0.25, 0.3) is 0 Å². The Hall–Kier alpha value is -1.51. The lowest BCUT2D eigenvalue weighted by Gasteiger charge is -2.09. The van der Waals surface area contributed by atoms with Crippen LogP contribution >= 0.6 is 11.6 Å². The summed E-state index contributed by atoms with van der Waals surface area (Å²) in [6.07, 6.45) is 1.15. The van der Waals surface area contributed by atoms with Gasteiger partial charge in [0.1, 0.15) is 11.5 Å². The standard InChI is InChI=1S/C17H20ClNO/c1-3-10-19-12-14-5-7-15(8-6-14)20-17-11-13(2)4-9-16(17)18/h4-9,11,19H,3,10,12H2,1-2H3. The summed E-state index contributed by atoms with van der Waals surface area (Å²) in [6.45, 7) is 6.11. The monoisotopic (exact) mass is 289 g/mol.